The topological polar surface area (TPSA) is 60.9 Å². The predicted octanol–water partition coefficient (Wildman–Crippen LogP) is 3.77. The van der Waals surface area contributed by atoms with Crippen LogP contribution in [-0.4, -0.2) is 72.8 Å². The number of piperazine rings is 1. The summed E-state index contributed by atoms with van der Waals surface area (Å²) in [5.41, 5.74) is 6.87. The van der Waals surface area contributed by atoms with E-state index in [4.69, 9.17) is 9.72 Å². The number of ether oxygens (including phenoxy) is 1. The van der Waals surface area contributed by atoms with Crippen LogP contribution >= 0.6 is 0 Å². The van der Waals surface area contributed by atoms with Gasteiger partial charge in [0.15, 0.2) is 0 Å². The number of carbonyl (C=O) groups is 1. The molecule has 2 atom stereocenters. The van der Waals surface area contributed by atoms with Crippen molar-refractivity contribution in [3.63, 3.8) is 0 Å². The highest BCUT2D eigenvalue weighted by Gasteiger charge is 2.30. The second-order valence-electron chi connectivity index (χ2n) is 10.5. The van der Waals surface area contributed by atoms with Gasteiger partial charge in [0.05, 0.1) is 17.8 Å². The third kappa shape index (κ3) is 5.31. The van der Waals surface area contributed by atoms with Crippen molar-refractivity contribution in [2.45, 2.75) is 64.3 Å². The van der Waals surface area contributed by atoms with Gasteiger partial charge in [-0.25, -0.2) is 4.79 Å². The summed E-state index contributed by atoms with van der Waals surface area (Å²) < 4.78 is 5.40. The Kier molecular flexibility index (Phi) is 7.25. The molecule has 2 aliphatic heterocycles. The number of carbonyl (C=O) groups excluding carboxylic acids is 1. The monoisotopic (exact) mass is 477 g/mol. The van der Waals surface area contributed by atoms with E-state index >= 15 is 0 Å². The van der Waals surface area contributed by atoms with Crippen LogP contribution in [0.2, 0.25) is 0 Å². The van der Waals surface area contributed by atoms with E-state index in [-0.39, 0.29) is 12.2 Å². The maximum Gasteiger partial charge on any atom is 0.410 e. The molecule has 1 aromatic heterocycles. The zero-order chi connectivity index (χ0) is 24.4. The first-order valence-electron chi connectivity index (χ1n) is 13.2. The van der Waals surface area contributed by atoms with E-state index in [1.165, 1.54) is 40.9 Å². The molecule has 0 saturated carbocycles. The fraction of sp³-hybridized carbons (Fsp3) is 0.571. The summed E-state index contributed by atoms with van der Waals surface area (Å²) in [6.45, 7) is 8.79. The van der Waals surface area contributed by atoms with Gasteiger partial charge >= 0.3 is 6.09 Å². The number of anilines is 1. The number of likely N-dealkylation sites (N-methyl/N-ethyl adjacent to an activating group) is 1. The lowest BCUT2D eigenvalue weighted by Crippen LogP contribution is -2.50. The highest BCUT2D eigenvalue weighted by Crippen LogP contribution is 2.33. The summed E-state index contributed by atoms with van der Waals surface area (Å²) in [5, 5.41) is 3.79. The van der Waals surface area contributed by atoms with Gasteiger partial charge in [-0.15, -0.1) is 0 Å². The Labute approximate surface area is 209 Å². The van der Waals surface area contributed by atoms with Crippen LogP contribution in [0.4, 0.5) is 10.5 Å². The molecular formula is C28H39N5O2. The van der Waals surface area contributed by atoms with Crippen molar-refractivity contribution < 1.29 is 9.53 Å². The number of fused-ring (bicyclic) bond motifs is 2. The van der Waals surface area contributed by atoms with Crippen molar-refractivity contribution in [2.75, 3.05) is 44.7 Å². The number of hydrogen-bond acceptors (Lipinski definition) is 6. The van der Waals surface area contributed by atoms with E-state index in [0.717, 1.165) is 39.0 Å². The second kappa shape index (κ2) is 10.5. The van der Waals surface area contributed by atoms with Gasteiger partial charge in [-0.05, 0) is 75.4 Å². The van der Waals surface area contributed by atoms with Crippen LogP contribution in [-0.2, 0) is 24.1 Å². The van der Waals surface area contributed by atoms with Gasteiger partial charge < -0.3 is 19.9 Å². The van der Waals surface area contributed by atoms with Crippen LogP contribution in [0.3, 0.4) is 0 Å². The first-order valence-corrected chi connectivity index (χ1v) is 13.2. The van der Waals surface area contributed by atoms with Crippen molar-refractivity contribution in [1.29, 1.82) is 0 Å². The molecule has 7 heteroatoms. The van der Waals surface area contributed by atoms with Crippen LogP contribution in [0.15, 0.2) is 36.5 Å². The van der Waals surface area contributed by atoms with Gasteiger partial charge in [0.25, 0.3) is 0 Å². The Bertz CT molecular complexity index is 1030. The highest BCUT2D eigenvalue weighted by molar-refractivity contribution is 5.68. The summed E-state index contributed by atoms with van der Waals surface area (Å²) >= 11 is 0. The number of benzene rings is 1. The number of nitrogens with one attached hydrogen (secondary N) is 1. The SMILES string of the molecule is CC(C)OC(=O)N1CCN(c2cccc3c2C[C@H](CN(C)[C@H]2CCCc4cccnc42)NC3)CC1. The number of hydrogen-bond donors (Lipinski definition) is 1. The molecule has 1 aliphatic carbocycles. The van der Waals surface area contributed by atoms with E-state index in [9.17, 15) is 4.79 Å². The van der Waals surface area contributed by atoms with Crippen molar-refractivity contribution in [3.05, 3.63) is 58.9 Å². The van der Waals surface area contributed by atoms with Crippen LogP contribution < -0.4 is 10.2 Å². The molecule has 1 N–H and O–H groups in total. The molecule has 0 unspecified atom stereocenters. The lowest BCUT2D eigenvalue weighted by Gasteiger charge is -2.39. The van der Waals surface area contributed by atoms with Crippen LogP contribution in [0.5, 0.6) is 0 Å². The molecule has 188 valence electrons. The Morgan fingerprint density at radius 3 is 2.77 bits per heavy atom. The Morgan fingerprint density at radius 2 is 1.97 bits per heavy atom. The number of pyridine rings is 1. The molecule has 3 heterocycles. The molecule has 1 fully saturated rings. The first-order chi connectivity index (χ1) is 17.0. The molecular weight excluding hydrogens is 438 g/mol. The molecule has 0 bridgehead atoms. The Hall–Kier alpha value is -2.64. The largest absolute Gasteiger partial charge is 0.447 e. The van der Waals surface area contributed by atoms with Gasteiger partial charge in [-0.2, -0.15) is 0 Å². The maximum atomic E-state index is 12.3. The van der Waals surface area contributed by atoms with Crippen molar-refractivity contribution >= 4 is 11.8 Å². The lowest BCUT2D eigenvalue weighted by atomic mass is 9.89. The van der Waals surface area contributed by atoms with Crippen molar-refractivity contribution in [3.8, 4) is 0 Å². The molecule has 1 saturated heterocycles. The summed E-state index contributed by atoms with van der Waals surface area (Å²) in [5.74, 6) is 0. The number of amides is 1. The van der Waals surface area contributed by atoms with Gasteiger partial charge in [0.2, 0.25) is 0 Å². The number of aryl methyl sites for hydroxylation is 1. The Balaban J connectivity index is 1.24. The lowest BCUT2D eigenvalue weighted by molar-refractivity contribution is 0.0751. The minimum Gasteiger partial charge on any atom is -0.447 e. The smallest absolute Gasteiger partial charge is 0.410 e. The van der Waals surface area contributed by atoms with Crippen LogP contribution in [0.1, 0.15) is 55.1 Å². The quantitative estimate of drug-likeness (QED) is 0.707. The van der Waals surface area contributed by atoms with Gasteiger partial charge in [-0.3, -0.25) is 9.88 Å². The van der Waals surface area contributed by atoms with Gasteiger partial charge in [-0.1, -0.05) is 18.2 Å². The van der Waals surface area contributed by atoms with E-state index in [1.807, 2.05) is 24.9 Å². The van der Waals surface area contributed by atoms with Crippen LogP contribution in [0.25, 0.3) is 0 Å². The average Bonchev–Trinajstić information content (AvgIpc) is 2.87. The minimum absolute atomic E-state index is 0.0814. The third-order valence-electron chi connectivity index (χ3n) is 7.70. The van der Waals surface area contributed by atoms with Crippen molar-refractivity contribution in [2.24, 2.45) is 0 Å². The number of nitrogens with zero attached hydrogens (tertiary/aromatic N) is 4. The van der Waals surface area contributed by atoms with E-state index < -0.39 is 0 Å². The molecule has 1 aromatic carbocycles. The zero-order valence-electron chi connectivity index (χ0n) is 21.4. The molecule has 0 radical (unpaired) electrons. The fourth-order valence-electron chi connectivity index (χ4n) is 5.92. The number of rotatable bonds is 5. The molecule has 7 nitrogen and oxygen atoms in total. The van der Waals surface area contributed by atoms with Gasteiger partial charge in [0.1, 0.15) is 0 Å². The molecule has 35 heavy (non-hydrogen) atoms. The summed E-state index contributed by atoms with van der Waals surface area (Å²) in [7, 11) is 2.26. The zero-order valence-corrected chi connectivity index (χ0v) is 21.4. The molecule has 1 amide bonds. The van der Waals surface area contributed by atoms with Crippen molar-refractivity contribution in [1.82, 2.24) is 20.1 Å². The highest BCUT2D eigenvalue weighted by atomic mass is 16.6. The number of aromatic nitrogens is 1. The van der Waals surface area contributed by atoms with E-state index in [2.05, 4.69) is 52.5 Å². The second-order valence-corrected chi connectivity index (χ2v) is 10.5. The standard InChI is InChI=1S/C28H39N5O2/c1-20(2)35-28(34)33-15-13-32(14-16-33)25-10-5-8-22-18-30-23(17-24(22)25)19-31(3)26-11-4-7-21-9-6-12-29-27(21)26/h5-6,8-10,12,20,23,26,30H,4,7,11,13-19H2,1-3H3/t23-,26+/m1/s1. The summed E-state index contributed by atoms with van der Waals surface area (Å²) in [4.78, 5) is 23.9. The maximum absolute atomic E-state index is 12.3. The summed E-state index contributed by atoms with van der Waals surface area (Å²) in [6, 6.07) is 11.8. The normalized spacial score (nSPS) is 22.2. The van der Waals surface area contributed by atoms with Gasteiger partial charge in [0, 0.05) is 57.2 Å². The van der Waals surface area contributed by atoms with Crippen LogP contribution in [0, 0.1) is 0 Å². The molecule has 5 rings (SSSR count). The predicted molar refractivity (Wildman–Crippen MR) is 139 cm³/mol. The first kappa shape index (κ1) is 24.1. The molecule has 2 aromatic rings. The molecule has 0 spiro atoms. The summed E-state index contributed by atoms with van der Waals surface area (Å²) in [6.07, 6.45) is 6.24. The van der Waals surface area contributed by atoms with E-state index in [0.29, 0.717) is 25.2 Å². The molecule has 3 aliphatic rings. The minimum atomic E-state index is -0.194. The Morgan fingerprint density at radius 1 is 1.17 bits per heavy atom. The third-order valence-corrected chi connectivity index (χ3v) is 7.70. The van der Waals surface area contributed by atoms with E-state index in [1.54, 1.807) is 0 Å². The average molecular weight is 478 g/mol. The fourth-order valence-corrected chi connectivity index (χ4v) is 5.92.